The van der Waals surface area contributed by atoms with Gasteiger partial charge >= 0.3 is 5.43 Å². The summed E-state index contributed by atoms with van der Waals surface area (Å²) in [6, 6.07) is 6.26. The number of rotatable bonds is 3. The summed E-state index contributed by atoms with van der Waals surface area (Å²) in [4.78, 5) is 21.6. The third-order valence-corrected chi connectivity index (χ3v) is 1.77. The highest BCUT2D eigenvalue weighted by Crippen LogP contribution is 2.14. The van der Waals surface area contributed by atoms with E-state index in [0.29, 0.717) is 17.7 Å². The zero-order valence-electron chi connectivity index (χ0n) is 7.62. The molecule has 0 aliphatic heterocycles. The lowest BCUT2D eigenvalue weighted by Gasteiger charge is -2.00. The van der Waals surface area contributed by atoms with Crippen molar-refractivity contribution < 1.29 is 14.3 Å². The predicted octanol–water partition coefficient (Wildman–Crippen LogP) is 3.02. The maximum absolute atomic E-state index is 11.2. The molecule has 14 heavy (non-hydrogen) atoms. The van der Waals surface area contributed by atoms with E-state index in [-0.39, 0.29) is 5.78 Å². The first-order valence-corrected chi connectivity index (χ1v) is 4.52. The molecule has 0 fully saturated rings. The lowest BCUT2D eigenvalue weighted by molar-refractivity contribution is 0.0988. The minimum Gasteiger partial charge on any atom is -0.415 e. The molecule has 0 bridgehead atoms. The molecule has 0 radical (unpaired) electrons. The molecule has 0 amide bonds. The molecule has 0 spiro atoms. The molecule has 0 heterocycles. The maximum atomic E-state index is 11.2. The Morgan fingerprint density at radius 3 is 2.29 bits per heavy atom. The van der Waals surface area contributed by atoms with Crippen molar-refractivity contribution in [3.8, 4) is 5.75 Å². The Kier molecular flexibility index (Phi) is 3.65. The van der Waals surface area contributed by atoms with Gasteiger partial charge in [-0.05, 0) is 24.3 Å². The third-order valence-electron chi connectivity index (χ3n) is 1.70. The van der Waals surface area contributed by atoms with Gasteiger partial charge in [0.25, 0.3) is 0 Å². The minimum absolute atomic E-state index is 0.0498. The second-order valence-corrected chi connectivity index (χ2v) is 2.95. The molecule has 4 heteroatoms. The van der Waals surface area contributed by atoms with Gasteiger partial charge in [-0.25, -0.2) is 4.79 Å². The number of ether oxygens (including phenoxy) is 1. The molecule has 1 aromatic carbocycles. The van der Waals surface area contributed by atoms with E-state index in [1.54, 1.807) is 19.1 Å². The highest BCUT2D eigenvalue weighted by molar-refractivity contribution is 6.61. The molecular formula is C10H9ClO3. The Morgan fingerprint density at radius 2 is 1.86 bits per heavy atom. The number of hydrogen-bond acceptors (Lipinski definition) is 3. The van der Waals surface area contributed by atoms with Crippen molar-refractivity contribution in [1.29, 1.82) is 0 Å². The summed E-state index contributed by atoms with van der Waals surface area (Å²) in [5, 5.41) is 0. The van der Waals surface area contributed by atoms with Crippen molar-refractivity contribution in [3.63, 3.8) is 0 Å². The van der Waals surface area contributed by atoms with Gasteiger partial charge in [-0.3, -0.25) is 4.79 Å². The Bertz CT molecular complexity index is 343. The fourth-order valence-electron chi connectivity index (χ4n) is 1.01. The van der Waals surface area contributed by atoms with Crippen molar-refractivity contribution in [2.45, 2.75) is 13.3 Å². The number of halogens is 1. The smallest absolute Gasteiger partial charge is 0.409 e. The predicted molar refractivity (Wildman–Crippen MR) is 52.9 cm³/mol. The summed E-state index contributed by atoms with van der Waals surface area (Å²) in [6.45, 7) is 1.79. The second kappa shape index (κ2) is 4.77. The first-order valence-electron chi connectivity index (χ1n) is 4.14. The lowest BCUT2D eigenvalue weighted by atomic mass is 10.1. The van der Waals surface area contributed by atoms with Crippen LogP contribution < -0.4 is 4.74 Å². The summed E-state index contributed by atoms with van der Waals surface area (Å²) < 4.78 is 4.60. The quantitative estimate of drug-likeness (QED) is 0.571. The summed E-state index contributed by atoms with van der Waals surface area (Å²) >= 11 is 5.01. The van der Waals surface area contributed by atoms with Crippen molar-refractivity contribution in [2.75, 3.05) is 0 Å². The SMILES string of the molecule is CCC(=O)c1ccc(OC(=O)Cl)cc1. The highest BCUT2D eigenvalue weighted by atomic mass is 35.5. The number of hydrogen-bond donors (Lipinski definition) is 0. The molecule has 0 aliphatic carbocycles. The normalized spacial score (nSPS) is 9.57. The first-order chi connectivity index (χ1) is 6.63. The van der Waals surface area contributed by atoms with Crippen LogP contribution in [0.15, 0.2) is 24.3 Å². The highest BCUT2D eigenvalue weighted by Gasteiger charge is 2.04. The van der Waals surface area contributed by atoms with Crippen LogP contribution in [-0.4, -0.2) is 11.2 Å². The summed E-state index contributed by atoms with van der Waals surface area (Å²) in [5.74, 6) is 0.381. The maximum Gasteiger partial charge on any atom is 0.409 e. The van der Waals surface area contributed by atoms with Crippen LogP contribution in [0.25, 0.3) is 0 Å². The molecule has 1 rings (SSSR count). The summed E-state index contributed by atoms with van der Waals surface area (Å²) in [6.07, 6.45) is 0.453. The van der Waals surface area contributed by atoms with Gasteiger partial charge in [0.2, 0.25) is 0 Å². The van der Waals surface area contributed by atoms with Crippen LogP contribution in [-0.2, 0) is 0 Å². The van der Waals surface area contributed by atoms with Crippen LogP contribution in [0.5, 0.6) is 5.75 Å². The molecule has 0 aliphatic rings. The van der Waals surface area contributed by atoms with Crippen LogP contribution in [0.3, 0.4) is 0 Å². The standard InChI is InChI=1S/C10H9ClO3/c1-2-9(12)7-3-5-8(6-4-7)14-10(11)13/h3-6H,2H2,1H3. The molecule has 0 unspecified atom stereocenters. The van der Waals surface area contributed by atoms with Gasteiger partial charge < -0.3 is 4.74 Å². The van der Waals surface area contributed by atoms with Gasteiger partial charge in [-0.1, -0.05) is 6.92 Å². The molecule has 0 aromatic heterocycles. The average molecular weight is 213 g/mol. The number of Topliss-reactive ketones (excluding diaryl/α,β-unsaturated/α-hetero) is 1. The Labute approximate surface area is 86.6 Å². The van der Waals surface area contributed by atoms with Gasteiger partial charge in [-0.2, -0.15) is 0 Å². The van der Waals surface area contributed by atoms with Gasteiger partial charge in [0, 0.05) is 23.6 Å². The van der Waals surface area contributed by atoms with E-state index in [1.165, 1.54) is 12.1 Å². The fourth-order valence-corrected chi connectivity index (χ4v) is 1.09. The van der Waals surface area contributed by atoms with Crippen LogP contribution >= 0.6 is 11.6 Å². The zero-order valence-corrected chi connectivity index (χ0v) is 8.38. The van der Waals surface area contributed by atoms with Crippen LogP contribution in [0.2, 0.25) is 0 Å². The van der Waals surface area contributed by atoms with Gasteiger partial charge in [0.15, 0.2) is 5.78 Å². The molecule has 1 aromatic rings. The molecule has 3 nitrogen and oxygen atoms in total. The van der Waals surface area contributed by atoms with Gasteiger partial charge in [0.05, 0.1) is 0 Å². The molecule has 0 saturated carbocycles. The fraction of sp³-hybridized carbons (Fsp3) is 0.200. The molecule has 74 valence electrons. The van der Waals surface area contributed by atoms with Crippen molar-refractivity contribution >= 4 is 22.8 Å². The molecule has 0 atom stereocenters. The second-order valence-electron chi connectivity index (χ2n) is 2.64. The number of ketones is 1. The lowest BCUT2D eigenvalue weighted by Crippen LogP contribution is -1.98. The van der Waals surface area contributed by atoms with Crippen molar-refractivity contribution in [1.82, 2.24) is 0 Å². The van der Waals surface area contributed by atoms with Crippen LogP contribution in [0.1, 0.15) is 23.7 Å². The number of carbonyl (C=O) groups excluding carboxylic acids is 2. The van der Waals surface area contributed by atoms with E-state index >= 15 is 0 Å². The Morgan fingerprint density at radius 1 is 1.29 bits per heavy atom. The topological polar surface area (TPSA) is 43.4 Å². The van der Waals surface area contributed by atoms with Crippen molar-refractivity contribution in [3.05, 3.63) is 29.8 Å². The van der Waals surface area contributed by atoms with Gasteiger partial charge in [-0.15, -0.1) is 0 Å². The Hall–Kier alpha value is -1.35. The third kappa shape index (κ3) is 2.85. The number of benzene rings is 1. The molecular weight excluding hydrogens is 204 g/mol. The van der Waals surface area contributed by atoms with Crippen LogP contribution in [0, 0.1) is 0 Å². The van der Waals surface area contributed by atoms with E-state index in [4.69, 9.17) is 11.6 Å². The van der Waals surface area contributed by atoms with E-state index in [1.807, 2.05) is 0 Å². The monoisotopic (exact) mass is 212 g/mol. The van der Waals surface area contributed by atoms with Crippen molar-refractivity contribution in [2.24, 2.45) is 0 Å². The van der Waals surface area contributed by atoms with Gasteiger partial charge in [0.1, 0.15) is 5.75 Å². The van der Waals surface area contributed by atoms with E-state index in [2.05, 4.69) is 4.74 Å². The van der Waals surface area contributed by atoms with E-state index in [0.717, 1.165) is 0 Å². The van der Waals surface area contributed by atoms with E-state index in [9.17, 15) is 9.59 Å². The summed E-state index contributed by atoms with van der Waals surface area (Å²) in [7, 11) is 0. The van der Waals surface area contributed by atoms with E-state index < -0.39 is 5.43 Å². The Balaban J connectivity index is 2.78. The average Bonchev–Trinajstić information content (AvgIpc) is 2.17. The molecule has 0 saturated heterocycles. The van der Waals surface area contributed by atoms with Crippen LogP contribution in [0.4, 0.5) is 4.79 Å². The minimum atomic E-state index is -0.889. The number of carbonyl (C=O) groups is 2. The first kappa shape index (κ1) is 10.7. The largest absolute Gasteiger partial charge is 0.415 e. The zero-order chi connectivity index (χ0) is 10.6. The summed E-state index contributed by atoms with van der Waals surface area (Å²) in [5.41, 5.74) is -0.290. The molecule has 0 N–H and O–H groups in total.